The van der Waals surface area contributed by atoms with Crippen LogP contribution in [0.3, 0.4) is 0 Å². The zero-order valence-corrected chi connectivity index (χ0v) is 9.20. The van der Waals surface area contributed by atoms with Crippen LogP contribution in [-0.2, 0) is 0 Å². The van der Waals surface area contributed by atoms with Crippen molar-refractivity contribution < 1.29 is 4.92 Å². The minimum Gasteiger partial charge on any atom is -0.345 e. The molecule has 18 heavy (non-hydrogen) atoms. The summed E-state index contributed by atoms with van der Waals surface area (Å²) in [7, 11) is 0. The van der Waals surface area contributed by atoms with Crippen LogP contribution < -0.4 is 4.90 Å². The summed E-state index contributed by atoms with van der Waals surface area (Å²) in [5.74, 6) is 0. The van der Waals surface area contributed by atoms with Crippen LogP contribution in [0.25, 0.3) is 0 Å². The van der Waals surface area contributed by atoms with E-state index in [0.29, 0.717) is 5.69 Å². The van der Waals surface area contributed by atoms with Crippen LogP contribution in [0.15, 0.2) is 18.2 Å². The minimum atomic E-state index is -0.652. The molecule has 1 rings (SSSR count). The Morgan fingerprint density at radius 1 is 1.22 bits per heavy atom. The molecule has 0 saturated heterocycles. The van der Waals surface area contributed by atoms with Crippen LogP contribution in [0.5, 0.6) is 0 Å². The zero-order chi connectivity index (χ0) is 13.5. The van der Waals surface area contributed by atoms with Crippen molar-refractivity contribution in [1.29, 1.82) is 15.8 Å². The number of anilines is 1. The van der Waals surface area contributed by atoms with E-state index in [1.807, 2.05) is 12.1 Å². The molecule has 0 aromatic heterocycles. The fraction of sp³-hybridized carbons (Fsp3) is 0.182. The summed E-state index contributed by atoms with van der Waals surface area (Å²) < 4.78 is 0. The average Bonchev–Trinajstić information content (AvgIpc) is 2.37. The molecule has 0 N–H and O–H groups in total. The monoisotopic (exact) mass is 241 g/mol. The van der Waals surface area contributed by atoms with Gasteiger partial charge in [-0.25, -0.2) is 0 Å². The molecule has 0 unspecified atom stereocenters. The molecule has 88 valence electrons. The van der Waals surface area contributed by atoms with Crippen LogP contribution in [0.2, 0.25) is 0 Å². The Bertz CT molecular complexity index is 575. The molecule has 0 aliphatic carbocycles. The SMILES string of the molecule is N#CCN(CC#N)c1ccc([N+](=O)[O-])c(C#N)c1. The van der Waals surface area contributed by atoms with Crippen LogP contribution >= 0.6 is 0 Å². The normalized spacial score (nSPS) is 8.72. The van der Waals surface area contributed by atoms with Gasteiger partial charge in [0.25, 0.3) is 5.69 Å². The van der Waals surface area contributed by atoms with E-state index in [0.717, 1.165) is 0 Å². The van der Waals surface area contributed by atoms with E-state index in [9.17, 15) is 10.1 Å². The Hall–Kier alpha value is -3.11. The van der Waals surface area contributed by atoms with E-state index in [2.05, 4.69) is 0 Å². The molecule has 0 amide bonds. The molecule has 1 aromatic carbocycles. The van der Waals surface area contributed by atoms with Crippen LogP contribution in [0, 0.1) is 44.1 Å². The molecule has 0 radical (unpaired) electrons. The number of hydrogen-bond donors (Lipinski definition) is 0. The largest absolute Gasteiger partial charge is 0.345 e. The third-order valence-corrected chi connectivity index (χ3v) is 2.19. The first-order valence-electron chi connectivity index (χ1n) is 4.81. The fourth-order valence-electron chi connectivity index (χ4n) is 1.38. The van der Waals surface area contributed by atoms with E-state index >= 15 is 0 Å². The van der Waals surface area contributed by atoms with Gasteiger partial charge < -0.3 is 4.90 Å². The molecule has 0 fully saturated rings. The topological polar surface area (TPSA) is 118 Å². The quantitative estimate of drug-likeness (QED) is 0.445. The Kier molecular flexibility index (Phi) is 4.20. The second-order valence-electron chi connectivity index (χ2n) is 3.24. The lowest BCUT2D eigenvalue weighted by Crippen LogP contribution is -2.23. The number of hydrogen-bond acceptors (Lipinski definition) is 6. The first-order chi connectivity index (χ1) is 8.63. The molecular weight excluding hydrogens is 234 g/mol. The van der Waals surface area contributed by atoms with Gasteiger partial charge in [0.1, 0.15) is 24.7 Å². The summed E-state index contributed by atoms with van der Waals surface area (Å²) in [5, 5.41) is 36.7. The van der Waals surface area contributed by atoms with Gasteiger partial charge in [0, 0.05) is 11.8 Å². The van der Waals surface area contributed by atoms with Crippen molar-refractivity contribution >= 4 is 11.4 Å². The van der Waals surface area contributed by atoms with Crippen molar-refractivity contribution in [3.63, 3.8) is 0 Å². The van der Waals surface area contributed by atoms with Crippen LogP contribution in [0.4, 0.5) is 11.4 Å². The Morgan fingerprint density at radius 2 is 1.83 bits per heavy atom. The van der Waals surface area contributed by atoms with Gasteiger partial charge in [-0.2, -0.15) is 15.8 Å². The van der Waals surface area contributed by atoms with Crippen molar-refractivity contribution in [3.8, 4) is 18.2 Å². The van der Waals surface area contributed by atoms with Gasteiger partial charge in [0.2, 0.25) is 0 Å². The lowest BCUT2D eigenvalue weighted by atomic mass is 10.1. The summed E-state index contributed by atoms with van der Waals surface area (Å²) in [4.78, 5) is 11.4. The van der Waals surface area contributed by atoms with Gasteiger partial charge in [0.05, 0.1) is 17.1 Å². The first-order valence-corrected chi connectivity index (χ1v) is 4.81. The second kappa shape index (κ2) is 5.83. The highest BCUT2D eigenvalue weighted by Crippen LogP contribution is 2.24. The maximum Gasteiger partial charge on any atom is 0.287 e. The molecule has 7 nitrogen and oxygen atoms in total. The summed E-state index contributed by atoms with van der Waals surface area (Å²) in [6, 6.07) is 9.39. The molecule has 0 saturated carbocycles. The summed E-state index contributed by atoms with van der Waals surface area (Å²) >= 11 is 0. The molecule has 0 bridgehead atoms. The van der Waals surface area contributed by atoms with Crippen molar-refractivity contribution in [2.45, 2.75) is 0 Å². The third kappa shape index (κ3) is 2.72. The van der Waals surface area contributed by atoms with E-state index < -0.39 is 4.92 Å². The van der Waals surface area contributed by atoms with Gasteiger partial charge in [-0.3, -0.25) is 10.1 Å². The maximum atomic E-state index is 10.6. The number of nitro groups is 1. The molecule has 0 aliphatic heterocycles. The second-order valence-corrected chi connectivity index (χ2v) is 3.24. The first kappa shape index (κ1) is 13.0. The predicted octanol–water partition coefficient (Wildman–Crippen LogP) is 1.32. The lowest BCUT2D eigenvalue weighted by Gasteiger charge is -2.17. The summed E-state index contributed by atoms with van der Waals surface area (Å²) in [6.07, 6.45) is 0. The number of nitrogens with zero attached hydrogens (tertiary/aromatic N) is 5. The number of rotatable bonds is 4. The molecule has 0 spiro atoms. The van der Waals surface area contributed by atoms with E-state index in [4.69, 9.17) is 15.8 Å². The molecular formula is C11H7N5O2. The molecule has 0 heterocycles. The van der Waals surface area contributed by atoms with E-state index in [1.54, 1.807) is 6.07 Å². The highest BCUT2D eigenvalue weighted by atomic mass is 16.6. The van der Waals surface area contributed by atoms with Crippen molar-refractivity contribution in [2.24, 2.45) is 0 Å². The number of benzene rings is 1. The van der Waals surface area contributed by atoms with Gasteiger partial charge in [-0.05, 0) is 12.1 Å². The molecule has 1 aromatic rings. The molecule has 0 aliphatic rings. The van der Waals surface area contributed by atoms with Gasteiger partial charge in [-0.1, -0.05) is 0 Å². The van der Waals surface area contributed by atoms with Crippen LogP contribution in [0.1, 0.15) is 5.56 Å². The van der Waals surface area contributed by atoms with E-state index in [1.165, 1.54) is 23.1 Å². The fourth-order valence-corrected chi connectivity index (χ4v) is 1.38. The van der Waals surface area contributed by atoms with Gasteiger partial charge in [-0.15, -0.1) is 0 Å². The van der Waals surface area contributed by atoms with Crippen molar-refractivity contribution in [1.82, 2.24) is 0 Å². The highest BCUT2D eigenvalue weighted by molar-refractivity contribution is 5.60. The smallest absolute Gasteiger partial charge is 0.287 e. The Morgan fingerprint density at radius 3 is 2.28 bits per heavy atom. The minimum absolute atomic E-state index is 0.0315. The van der Waals surface area contributed by atoms with Crippen molar-refractivity contribution in [2.75, 3.05) is 18.0 Å². The molecule has 0 atom stereocenters. The van der Waals surface area contributed by atoms with Crippen molar-refractivity contribution in [3.05, 3.63) is 33.9 Å². The lowest BCUT2D eigenvalue weighted by molar-refractivity contribution is -0.385. The summed E-state index contributed by atoms with van der Waals surface area (Å²) in [5.41, 5.74) is 0.0359. The zero-order valence-electron chi connectivity index (χ0n) is 9.20. The van der Waals surface area contributed by atoms with Gasteiger partial charge >= 0.3 is 0 Å². The number of nitriles is 3. The summed E-state index contributed by atoms with van der Waals surface area (Å²) in [6.45, 7) is -0.0630. The van der Waals surface area contributed by atoms with E-state index in [-0.39, 0.29) is 24.3 Å². The highest BCUT2D eigenvalue weighted by Gasteiger charge is 2.16. The Labute approximate surface area is 103 Å². The maximum absolute atomic E-state index is 10.6. The molecule has 7 heteroatoms. The van der Waals surface area contributed by atoms with Crippen LogP contribution in [-0.4, -0.2) is 18.0 Å². The predicted molar refractivity (Wildman–Crippen MR) is 61.3 cm³/mol. The standard InChI is InChI=1S/C11H7N5O2/c12-3-5-15(6-4-13)10-1-2-11(16(17)18)9(7-10)8-14/h1-2,7H,5-6H2. The Balaban J connectivity index is 3.20. The number of nitro benzene ring substituents is 1. The average molecular weight is 241 g/mol. The third-order valence-electron chi connectivity index (χ3n) is 2.19. The van der Waals surface area contributed by atoms with Gasteiger partial charge in [0.15, 0.2) is 0 Å².